The molecule has 0 spiro atoms. The molecule has 11 heteroatoms. The van der Waals surface area contributed by atoms with Gasteiger partial charge < -0.3 is 26.7 Å². The number of aromatic nitrogens is 2. The number of carbonyl (C=O) groups excluding carboxylic acids is 1. The number of amides is 1. The van der Waals surface area contributed by atoms with E-state index in [1.807, 2.05) is 13.0 Å². The van der Waals surface area contributed by atoms with E-state index in [1.165, 1.54) is 6.07 Å². The number of nitrogens with zero attached hydrogens (tertiary/aromatic N) is 2. The molecule has 2 heterocycles. The largest absolute Gasteiger partial charge is 0.374 e. The summed E-state index contributed by atoms with van der Waals surface area (Å²) in [6.45, 7) is 2.82. The van der Waals surface area contributed by atoms with Crippen molar-refractivity contribution in [2.75, 3.05) is 25.0 Å². The molecule has 0 saturated carbocycles. The summed E-state index contributed by atoms with van der Waals surface area (Å²) < 4.78 is 14.8. The Morgan fingerprint density at radius 3 is 2.83 bits per heavy atom. The number of hydrogen-bond acceptors (Lipinski definition) is 6. The quantitative estimate of drug-likeness (QED) is 0.322. The van der Waals surface area contributed by atoms with Gasteiger partial charge in [0.05, 0.1) is 35.2 Å². The van der Waals surface area contributed by atoms with Crippen LogP contribution in [0.15, 0.2) is 29.1 Å². The monoisotopic (exact) mass is 534 g/mol. The van der Waals surface area contributed by atoms with E-state index in [9.17, 15) is 14.0 Å². The van der Waals surface area contributed by atoms with Gasteiger partial charge in [0.15, 0.2) is 0 Å². The minimum Gasteiger partial charge on any atom is -0.374 e. The molecule has 1 aromatic heterocycles. The van der Waals surface area contributed by atoms with E-state index >= 15 is 0 Å². The lowest BCUT2D eigenvalue weighted by Crippen LogP contribution is -2.42. The summed E-state index contributed by atoms with van der Waals surface area (Å²) in [5.41, 5.74) is 13.5. The van der Waals surface area contributed by atoms with Crippen molar-refractivity contribution in [2.24, 2.45) is 11.5 Å². The maximum Gasteiger partial charge on any atom is 0.258 e. The predicted molar refractivity (Wildman–Crippen MR) is 141 cm³/mol. The Morgan fingerprint density at radius 1 is 1.31 bits per heavy atom. The lowest BCUT2D eigenvalue weighted by atomic mass is 9.93. The molecule has 192 valence electrons. The van der Waals surface area contributed by atoms with Crippen molar-refractivity contribution in [1.29, 1.82) is 0 Å². The fourth-order valence-electron chi connectivity index (χ4n) is 4.65. The summed E-state index contributed by atoms with van der Waals surface area (Å²) in [6, 6.07) is 5.36. The Labute approximate surface area is 218 Å². The lowest BCUT2D eigenvalue weighted by Gasteiger charge is -2.36. The number of benzene rings is 2. The number of H-pyrrole nitrogens is 1. The Bertz CT molecular complexity index is 1350. The van der Waals surface area contributed by atoms with Crippen LogP contribution in [0.1, 0.15) is 55.2 Å². The molecule has 36 heavy (non-hydrogen) atoms. The van der Waals surface area contributed by atoms with Gasteiger partial charge in [-0.2, -0.15) is 0 Å². The number of unbranched alkanes of at least 4 members (excludes halogenated alkanes) is 1. The third-order valence-electron chi connectivity index (χ3n) is 6.57. The Morgan fingerprint density at radius 2 is 2.08 bits per heavy atom. The van der Waals surface area contributed by atoms with Gasteiger partial charge in [0.2, 0.25) is 5.91 Å². The van der Waals surface area contributed by atoms with E-state index in [0.29, 0.717) is 47.3 Å². The second kappa shape index (κ2) is 11.1. The minimum atomic E-state index is -0.655. The van der Waals surface area contributed by atoms with Gasteiger partial charge in [0, 0.05) is 16.6 Å². The van der Waals surface area contributed by atoms with Crippen LogP contribution in [0.3, 0.4) is 0 Å². The first kappa shape index (κ1) is 26.3. The maximum absolute atomic E-state index is 14.8. The summed E-state index contributed by atoms with van der Waals surface area (Å²) in [5, 5.41) is 4.05. The lowest BCUT2D eigenvalue weighted by molar-refractivity contribution is -0.131. The predicted octanol–water partition coefficient (Wildman–Crippen LogP) is 4.06. The van der Waals surface area contributed by atoms with Crippen molar-refractivity contribution in [3.8, 4) is 0 Å². The van der Waals surface area contributed by atoms with Gasteiger partial charge >= 0.3 is 0 Å². The summed E-state index contributed by atoms with van der Waals surface area (Å²) in [5.74, 6) is -0.534. The fourth-order valence-corrected chi connectivity index (χ4v) is 5.34. The maximum atomic E-state index is 14.8. The Balaban J connectivity index is 1.51. The van der Waals surface area contributed by atoms with Gasteiger partial charge in [-0.25, -0.2) is 9.37 Å². The molecule has 4 rings (SSSR count). The Hall–Kier alpha value is -2.72. The number of aromatic amines is 1. The van der Waals surface area contributed by atoms with E-state index in [0.717, 1.165) is 30.0 Å². The zero-order valence-electron chi connectivity index (χ0n) is 19.9. The molecule has 1 aliphatic heterocycles. The number of halogens is 3. The normalized spacial score (nSPS) is 16.2. The number of hydrogen-bond donors (Lipinski definition) is 4. The zero-order valence-corrected chi connectivity index (χ0v) is 21.4. The van der Waals surface area contributed by atoms with Crippen LogP contribution in [-0.2, 0) is 11.2 Å². The van der Waals surface area contributed by atoms with E-state index in [-0.39, 0.29) is 29.6 Å². The van der Waals surface area contributed by atoms with Crippen molar-refractivity contribution >= 4 is 45.7 Å². The fraction of sp³-hybridized carbons (Fsp3) is 0.400. The van der Waals surface area contributed by atoms with Gasteiger partial charge in [-0.3, -0.25) is 9.59 Å². The van der Waals surface area contributed by atoms with E-state index < -0.39 is 17.4 Å². The molecule has 0 bridgehead atoms. The van der Waals surface area contributed by atoms with Crippen LogP contribution in [0.25, 0.3) is 10.9 Å². The van der Waals surface area contributed by atoms with E-state index in [1.54, 1.807) is 11.0 Å². The van der Waals surface area contributed by atoms with Crippen molar-refractivity contribution in [2.45, 2.75) is 44.7 Å². The minimum absolute atomic E-state index is 0.0754. The molecule has 8 nitrogen and oxygen atoms in total. The first-order valence-electron chi connectivity index (χ1n) is 11.9. The standard InChI is InChI=1S/C25H29Cl2FN6O2/c1-13-23-14(8-15(26)9-17(23)27)5-7-34(13)22(35)12-31-21-11-20-16(10-18(21)28)25(36)33-24(32-20)19(30)4-2-3-6-29/h8-11,13,19,31H,2-7,12,29-30H2,1H3,(H,32,33,36)/t13?,19-/m0/s1. The van der Waals surface area contributed by atoms with Crippen LogP contribution >= 0.6 is 23.2 Å². The highest BCUT2D eigenvalue weighted by Crippen LogP contribution is 2.37. The van der Waals surface area contributed by atoms with Crippen LogP contribution in [0.2, 0.25) is 10.0 Å². The average molecular weight is 535 g/mol. The van der Waals surface area contributed by atoms with Crippen LogP contribution in [0.5, 0.6) is 0 Å². The van der Waals surface area contributed by atoms with Crippen LogP contribution in [-0.4, -0.2) is 40.4 Å². The van der Waals surface area contributed by atoms with Crippen LogP contribution in [0.4, 0.5) is 10.1 Å². The molecular formula is C25H29Cl2FN6O2. The van der Waals surface area contributed by atoms with Crippen LogP contribution in [0, 0.1) is 5.82 Å². The molecule has 1 aliphatic rings. The second-order valence-electron chi connectivity index (χ2n) is 9.02. The van der Waals surface area contributed by atoms with Gasteiger partial charge in [-0.05, 0) is 68.1 Å². The van der Waals surface area contributed by atoms with Gasteiger partial charge in [0.25, 0.3) is 5.56 Å². The summed E-state index contributed by atoms with van der Waals surface area (Å²) in [6.07, 6.45) is 2.85. The highest BCUT2D eigenvalue weighted by atomic mass is 35.5. The highest BCUT2D eigenvalue weighted by Gasteiger charge is 2.29. The molecule has 0 saturated heterocycles. The molecule has 0 radical (unpaired) electrons. The average Bonchev–Trinajstić information content (AvgIpc) is 2.82. The number of nitrogens with one attached hydrogen (secondary N) is 2. The summed E-state index contributed by atoms with van der Waals surface area (Å²) in [4.78, 5) is 34.4. The molecule has 0 aliphatic carbocycles. The third kappa shape index (κ3) is 5.49. The van der Waals surface area contributed by atoms with E-state index in [4.69, 9.17) is 34.7 Å². The smallest absolute Gasteiger partial charge is 0.258 e. The van der Waals surface area contributed by atoms with Crippen molar-refractivity contribution in [3.05, 3.63) is 67.4 Å². The number of rotatable bonds is 8. The number of anilines is 1. The first-order chi connectivity index (χ1) is 17.2. The van der Waals surface area contributed by atoms with Gasteiger partial charge in [0.1, 0.15) is 11.6 Å². The molecule has 6 N–H and O–H groups in total. The number of fused-ring (bicyclic) bond motifs is 2. The molecule has 1 unspecified atom stereocenters. The second-order valence-corrected chi connectivity index (χ2v) is 9.86. The van der Waals surface area contributed by atoms with Crippen LogP contribution < -0.4 is 22.3 Å². The topological polar surface area (TPSA) is 130 Å². The highest BCUT2D eigenvalue weighted by molar-refractivity contribution is 6.35. The van der Waals surface area contributed by atoms with Crippen molar-refractivity contribution in [1.82, 2.24) is 14.9 Å². The van der Waals surface area contributed by atoms with Crippen molar-refractivity contribution in [3.63, 3.8) is 0 Å². The zero-order chi connectivity index (χ0) is 26.0. The van der Waals surface area contributed by atoms with Crippen molar-refractivity contribution < 1.29 is 9.18 Å². The van der Waals surface area contributed by atoms with Gasteiger partial charge in [-0.1, -0.05) is 29.6 Å². The first-order valence-corrected chi connectivity index (χ1v) is 12.7. The molecule has 3 aromatic rings. The van der Waals surface area contributed by atoms with Gasteiger partial charge in [-0.15, -0.1) is 0 Å². The summed E-state index contributed by atoms with van der Waals surface area (Å²) in [7, 11) is 0. The molecule has 2 aromatic carbocycles. The number of carbonyl (C=O) groups is 1. The molecule has 0 fully saturated rings. The SMILES string of the molecule is CC1c2c(Cl)cc(Cl)cc2CCN1C(=O)CNc1cc2nc([C@@H](N)CCCCN)[nH]c(=O)c2cc1F. The summed E-state index contributed by atoms with van der Waals surface area (Å²) >= 11 is 12.5. The molecular weight excluding hydrogens is 506 g/mol. The molecule has 2 atom stereocenters. The van der Waals surface area contributed by atoms with E-state index in [2.05, 4.69) is 15.3 Å². The third-order valence-corrected chi connectivity index (χ3v) is 7.10. The Kier molecular flexibility index (Phi) is 8.14. The number of nitrogens with two attached hydrogens (primary N) is 2. The molecule has 1 amide bonds.